The minimum absolute atomic E-state index is 0.109. The van der Waals surface area contributed by atoms with Crippen molar-refractivity contribution in [2.24, 2.45) is 5.92 Å². The number of aromatic amines is 1. The topological polar surface area (TPSA) is 115 Å². The fourth-order valence-corrected chi connectivity index (χ4v) is 4.95. The molecule has 0 unspecified atom stereocenters. The number of thiophene rings is 1. The number of aromatic nitrogens is 2. The van der Waals surface area contributed by atoms with Gasteiger partial charge in [-0.25, -0.2) is 9.78 Å². The first-order valence-electron chi connectivity index (χ1n) is 9.33. The van der Waals surface area contributed by atoms with Crippen molar-refractivity contribution in [2.45, 2.75) is 39.2 Å². The maximum Gasteiger partial charge on any atom is 0.338 e. The number of nitrogens with one attached hydrogen (secondary N) is 1. The highest BCUT2D eigenvalue weighted by Crippen LogP contribution is 2.36. The van der Waals surface area contributed by atoms with Crippen LogP contribution in [0.3, 0.4) is 0 Å². The Hall–Kier alpha value is -3.07. The average molecular weight is 413 g/mol. The van der Waals surface area contributed by atoms with Crippen molar-refractivity contribution in [1.29, 1.82) is 0 Å². The lowest BCUT2D eigenvalue weighted by molar-refractivity contribution is -0.384. The van der Waals surface area contributed by atoms with Gasteiger partial charge in [0.2, 0.25) is 0 Å². The molecule has 1 aliphatic carbocycles. The van der Waals surface area contributed by atoms with Crippen LogP contribution >= 0.6 is 11.3 Å². The standard InChI is InChI=1S/C20H19N3O5S/c1-10-3-8-14-15(9-10)29-19-16(14)18(24)21-17(22-19)11(2)28-20(25)12-4-6-13(7-5-12)23(26)27/h4-7,10-11H,3,8-9H2,1-2H3,(H,21,22,24)/t10-,11-/m1/s1. The van der Waals surface area contributed by atoms with E-state index in [4.69, 9.17) is 4.74 Å². The molecule has 9 heteroatoms. The van der Waals surface area contributed by atoms with Crippen molar-refractivity contribution in [1.82, 2.24) is 9.97 Å². The Labute approximate surface area is 169 Å². The number of carbonyl (C=O) groups is 1. The van der Waals surface area contributed by atoms with Crippen molar-refractivity contribution in [3.05, 3.63) is 66.6 Å². The number of ether oxygens (including phenoxy) is 1. The zero-order chi connectivity index (χ0) is 20.7. The van der Waals surface area contributed by atoms with E-state index in [2.05, 4.69) is 16.9 Å². The number of H-pyrrole nitrogens is 1. The van der Waals surface area contributed by atoms with Crippen LogP contribution in [0.5, 0.6) is 0 Å². The number of rotatable bonds is 4. The number of carbonyl (C=O) groups excluding carboxylic acids is 1. The van der Waals surface area contributed by atoms with E-state index in [1.165, 1.54) is 40.5 Å². The molecule has 0 aliphatic heterocycles. The number of fused-ring (bicyclic) bond motifs is 3. The van der Waals surface area contributed by atoms with E-state index in [0.717, 1.165) is 24.8 Å². The van der Waals surface area contributed by atoms with Gasteiger partial charge in [0.1, 0.15) is 4.83 Å². The summed E-state index contributed by atoms with van der Waals surface area (Å²) in [5.74, 6) is 0.231. The summed E-state index contributed by atoms with van der Waals surface area (Å²) in [5.41, 5.74) is 0.961. The smallest absolute Gasteiger partial charge is 0.338 e. The second-order valence-electron chi connectivity index (χ2n) is 7.33. The minimum atomic E-state index is -0.771. The van der Waals surface area contributed by atoms with Crippen molar-refractivity contribution >= 4 is 33.2 Å². The molecule has 0 spiro atoms. The second kappa shape index (κ2) is 7.40. The van der Waals surface area contributed by atoms with Crippen LogP contribution in [0.4, 0.5) is 5.69 Å². The summed E-state index contributed by atoms with van der Waals surface area (Å²) < 4.78 is 5.41. The summed E-state index contributed by atoms with van der Waals surface area (Å²) in [5, 5.41) is 11.4. The molecule has 0 radical (unpaired) electrons. The fraction of sp³-hybridized carbons (Fsp3) is 0.350. The molecule has 29 heavy (non-hydrogen) atoms. The number of nitro benzene ring substituents is 1. The SMILES string of the molecule is C[C@@H]1CCc2c(sc3nc([C@@H](C)OC(=O)c4ccc([N+](=O)[O-])cc4)[nH]c(=O)c23)C1. The molecule has 8 nitrogen and oxygen atoms in total. The van der Waals surface area contributed by atoms with Gasteiger partial charge in [0.05, 0.1) is 15.9 Å². The third-order valence-electron chi connectivity index (χ3n) is 5.17. The maximum atomic E-state index is 12.7. The van der Waals surface area contributed by atoms with E-state index in [9.17, 15) is 19.7 Å². The number of hydrogen-bond acceptors (Lipinski definition) is 7. The number of nitro groups is 1. The van der Waals surface area contributed by atoms with Crippen LogP contribution < -0.4 is 5.56 Å². The van der Waals surface area contributed by atoms with Gasteiger partial charge in [-0.2, -0.15) is 0 Å². The van der Waals surface area contributed by atoms with Gasteiger partial charge in [-0.05, 0) is 49.8 Å². The highest BCUT2D eigenvalue weighted by Gasteiger charge is 2.24. The maximum absolute atomic E-state index is 12.7. The summed E-state index contributed by atoms with van der Waals surface area (Å²) in [7, 11) is 0. The number of benzene rings is 1. The molecule has 1 N–H and O–H groups in total. The number of aryl methyl sites for hydroxylation is 1. The van der Waals surface area contributed by atoms with Gasteiger partial charge in [0.15, 0.2) is 11.9 Å². The van der Waals surface area contributed by atoms with Gasteiger partial charge in [-0.15, -0.1) is 11.3 Å². The minimum Gasteiger partial charge on any atom is -0.451 e. The first kappa shape index (κ1) is 19.3. The molecule has 2 atom stereocenters. The third kappa shape index (κ3) is 3.65. The monoisotopic (exact) mass is 413 g/mol. The Balaban J connectivity index is 1.58. The lowest BCUT2D eigenvalue weighted by atomic mass is 9.89. The summed E-state index contributed by atoms with van der Waals surface area (Å²) in [4.78, 5) is 44.4. The predicted octanol–water partition coefficient (Wildman–Crippen LogP) is 3.94. The van der Waals surface area contributed by atoms with E-state index >= 15 is 0 Å². The Kier molecular flexibility index (Phi) is 4.91. The molecular weight excluding hydrogens is 394 g/mol. The van der Waals surface area contributed by atoms with Gasteiger partial charge in [-0.1, -0.05) is 6.92 Å². The molecule has 1 aromatic carbocycles. The number of nitrogens with zero attached hydrogens (tertiary/aromatic N) is 2. The van der Waals surface area contributed by atoms with Crippen LogP contribution in [0.1, 0.15) is 53.0 Å². The zero-order valence-corrected chi connectivity index (χ0v) is 16.7. The molecule has 2 heterocycles. The fourth-order valence-electron chi connectivity index (χ4n) is 3.56. The Morgan fingerprint density at radius 2 is 2.10 bits per heavy atom. The summed E-state index contributed by atoms with van der Waals surface area (Å²) in [6, 6.07) is 5.15. The lowest BCUT2D eigenvalue weighted by Crippen LogP contribution is -2.18. The summed E-state index contributed by atoms with van der Waals surface area (Å²) >= 11 is 1.53. The Bertz CT molecular complexity index is 1170. The highest BCUT2D eigenvalue weighted by atomic mass is 32.1. The third-order valence-corrected chi connectivity index (χ3v) is 6.31. The van der Waals surface area contributed by atoms with Crippen LogP contribution in [0, 0.1) is 16.0 Å². The number of hydrogen-bond donors (Lipinski definition) is 1. The molecule has 0 saturated heterocycles. The summed E-state index contributed by atoms with van der Waals surface area (Å²) in [6.07, 6.45) is 2.12. The van der Waals surface area contributed by atoms with E-state index in [1.807, 2.05) is 0 Å². The first-order valence-corrected chi connectivity index (χ1v) is 10.1. The van der Waals surface area contributed by atoms with Crippen LogP contribution in [0.25, 0.3) is 10.2 Å². The Morgan fingerprint density at radius 3 is 2.79 bits per heavy atom. The lowest BCUT2D eigenvalue weighted by Gasteiger charge is -2.17. The largest absolute Gasteiger partial charge is 0.451 e. The van der Waals surface area contributed by atoms with Gasteiger partial charge >= 0.3 is 5.97 Å². The van der Waals surface area contributed by atoms with Gasteiger partial charge in [0.25, 0.3) is 11.2 Å². The van der Waals surface area contributed by atoms with Crippen molar-refractivity contribution in [3.8, 4) is 0 Å². The normalized spacial score (nSPS) is 17.0. The molecule has 0 fully saturated rings. The van der Waals surface area contributed by atoms with E-state index < -0.39 is 17.0 Å². The van der Waals surface area contributed by atoms with Gasteiger partial charge in [0, 0.05) is 17.0 Å². The zero-order valence-electron chi connectivity index (χ0n) is 15.9. The van der Waals surface area contributed by atoms with Crippen LogP contribution in [0.15, 0.2) is 29.1 Å². The van der Waals surface area contributed by atoms with Crippen LogP contribution in [-0.2, 0) is 17.6 Å². The molecular formula is C20H19N3O5S. The molecule has 0 saturated carbocycles. The molecule has 3 aromatic rings. The van der Waals surface area contributed by atoms with E-state index in [-0.39, 0.29) is 22.6 Å². The molecule has 0 bridgehead atoms. The summed E-state index contributed by atoms with van der Waals surface area (Å²) in [6.45, 7) is 3.83. The highest BCUT2D eigenvalue weighted by molar-refractivity contribution is 7.18. The van der Waals surface area contributed by atoms with Crippen molar-refractivity contribution in [3.63, 3.8) is 0 Å². The molecule has 2 aromatic heterocycles. The van der Waals surface area contributed by atoms with Crippen LogP contribution in [-0.4, -0.2) is 20.9 Å². The van der Waals surface area contributed by atoms with E-state index in [0.29, 0.717) is 16.1 Å². The second-order valence-corrected chi connectivity index (χ2v) is 8.42. The number of esters is 1. The molecule has 1 aliphatic rings. The number of non-ortho nitro benzene ring substituents is 1. The molecule has 4 rings (SSSR count). The van der Waals surface area contributed by atoms with Crippen molar-refractivity contribution in [2.75, 3.05) is 0 Å². The first-order chi connectivity index (χ1) is 13.8. The van der Waals surface area contributed by atoms with Crippen LogP contribution in [0.2, 0.25) is 0 Å². The predicted molar refractivity (Wildman–Crippen MR) is 108 cm³/mol. The molecule has 150 valence electrons. The van der Waals surface area contributed by atoms with Crippen molar-refractivity contribution < 1.29 is 14.5 Å². The van der Waals surface area contributed by atoms with Gasteiger partial charge in [-0.3, -0.25) is 14.9 Å². The molecule has 0 amide bonds. The van der Waals surface area contributed by atoms with Gasteiger partial charge < -0.3 is 9.72 Å². The average Bonchev–Trinajstić information content (AvgIpc) is 3.05. The Morgan fingerprint density at radius 1 is 1.38 bits per heavy atom. The van der Waals surface area contributed by atoms with E-state index in [1.54, 1.807) is 6.92 Å². The quantitative estimate of drug-likeness (QED) is 0.394.